The summed E-state index contributed by atoms with van der Waals surface area (Å²) in [5.74, 6) is 2.70. The number of hydrogen-bond donors (Lipinski definition) is 1. The van der Waals surface area contributed by atoms with E-state index in [0.29, 0.717) is 13.2 Å². The summed E-state index contributed by atoms with van der Waals surface area (Å²) >= 11 is 3.43. The highest BCUT2D eigenvalue weighted by Crippen LogP contribution is 2.19. The van der Waals surface area contributed by atoms with Gasteiger partial charge < -0.3 is 15.0 Å². The Morgan fingerprint density at radius 1 is 1.18 bits per heavy atom. The summed E-state index contributed by atoms with van der Waals surface area (Å²) in [6.45, 7) is 3.45. The molecule has 1 aliphatic rings. The van der Waals surface area contributed by atoms with Gasteiger partial charge in [-0.25, -0.2) is 9.97 Å². The standard InChI is InChI=1S/C16H19BrN4O/c17-13-4-3-5-14(10-13)22-9-6-18-15-11-16(20-12-19-15)21-7-1-2-8-21/h3-5,10-12H,1-2,6-9H2,(H,18,19,20). The second-order valence-corrected chi connectivity index (χ2v) is 6.10. The minimum Gasteiger partial charge on any atom is -0.492 e. The molecule has 1 N–H and O–H groups in total. The van der Waals surface area contributed by atoms with Crippen molar-refractivity contribution in [2.45, 2.75) is 12.8 Å². The van der Waals surface area contributed by atoms with E-state index in [-0.39, 0.29) is 0 Å². The lowest BCUT2D eigenvalue weighted by Gasteiger charge is -2.16. The minimum absolute atomic E-state index is 0.583. The Morgan fingerprint density at radius 2 is 2.05 bits per heavy atom. The van der Waals surface area contributed by atoms with E-state index in [1.807, 2.05) is 30.3 Å². The highest BCUT2D eigenvalue weighted by atomic mass is 79.9. The van der Waals surface area contributed by atoms with Gasteiger partial charge in [-0.1, -0.05) is 22.0 Å². The summed E-state index contributed by atoms with van der Waals surface area (Å²) in [7, 11) is 0. The maximum atomic E-state index is 5.69. The summed E-state index contributed by atoms with van der Waals surface area (Å²) in [4.78, 5) is 10.9. The van der Waals surface area contributed by atoms with Crippen LogP contribution in [0.4, 0.5) is 11.6 Å². The molecular weight excluding hydrogens is 344 g/mol. The van der Waals surface area contributed by atoms with Crippen LogP contribution in [-0.4, -0.2) is 36.2 Å². The Bertz CT molecular complexity index is 617. The molecule has 2 heterocycles. The van der Waals surface area contributed by atoms with Gasteiger partial charge in [0.15, 0.2) is 0 Å². The van der Waals surface area contributed by atoms with Crippen molar-refractivity contribution in [3.8, 4) is 5.75 Å². The molecule has 0 aliphatic carbocycles. The predicted molar refractivity (Wildman–Crippen MR) is 91.6 cm³/mol. The molecule has 2 aromatic rings. The van der Waals surface area contributed by atoms with Crippen molar-refractivity contribution >= 4 is 27.6 Å². The van der Waals surface area contributed by atoms with Gasteiger partial charge in [0, 0.05) is 23.6 Å². The Morgan fingerprint density at radius 3 is 2.86 bits per heavy atom. The number of nitrogens with zero attached hydrogens (tertiary/aromatic N) is 3. The number of halogens is 1. The lowest BCUT2D eigenvalue weighted by atomic mass is 10.3. The molecule has 0 unspecified atom stereocenters. The van der Waals surface area contributed by atoms with E-state index in [2.05, 4.69) is 36.1 Å². The molecule has 0 saturated carbocycles. The molecule has 1 aromatic heterocycles. The van der Waals surface area contributed by atoms with E-state index in [9.17, 15) is 0 Å². The molecule has 3 rings (SSSR count). The van der Waals surface area contributed by atoms with Crippen LogP contribution in [0.2, 0.25) is 0 Å². The van der Waals surface area contributed by atoms with E-state index in [1.54, 1.807) is 6.33 Å². The first kappa shape index (κ1) is 15.1. The van der Waals surface area contributed by atoms with Gasteiger partial charge in [-0.05, 0) is 31.0 Å². The smallest absolute Gasteiger partial charge is 0.134 e. The summed E-state index contributed by atoms with van der Waals surface area (Å²) in [6.07, 6.45) is 4.10. The molecule has 0 radical (unpaired) electrons. The van der Waals surface area contributed by atoms with Gasteiger partial charge in [-0.15, -0.1) is 0 Å². The largest absolute Gasteiger partial charge is 0.492 e. The van der Waals surface area contributed by atoms with Crippen molar-refractivity contribution in [2.75, 3.05) is 36.5 Å². The molecule has 1 saturated heterocycles. The average Bonchev–Trinajstić information content (AvgIpc) is 3.06. The third kappa shape index (κ3) is 4.10. The van der Waals surface area contributed by atoms with Crippen molar-refractivity contribution in [3.05, 3.63) is 41.1 Å². The van der Waals surface area contributed by atoms with Crippen molar-refractivity contribution in [1.29, 1.82) is 0 Å². The van der Waals surface area contributed by atoms with E-state index in [0.717, 1.165) is 34.9 Å². The van der Waals surface area contributed by atoms with Crippen LogP contribution in [0.1, 0.15) is 12.8 Å². The van der Waals surface area contributed by atoms with Crippen LogP contribution in [-0.2, 0) is 0 Å². The van der Waals surface area contributed by atoms with Gasteiger partial charge in [0.1, 0.15) is 30.3 Å². The third-order valence-corrected chi connectivity index (χ3v) is 4.05. The number of anilines is 2. The Balaban J connectivity index is 1.48. The van der Waals surface area contributed by atoms with Gasteiger partial charge >= 0.3 is 0 Å². The van der Waals surface area contributed by atoms with Crippen LogP contribution in [0.15, 0.2) is 41.1 Å². The molecule has 1 fully saturated rings. The number of rotatable bonds is 6. The van der Waals surface area contributed by atoms with Crippen LogP contribution in [0.3, 0.4) is 0 Å². The van der Waals surface area contributed by atoms with Gasteiger partial charge in [-0.2, -0.15) is 0 Å². The zero-order valence-corrected chi connectivity index (χ0v) is 13.9. The normalized spacial score (nSPS) is 14.1. The molecule has 116 valence electrons. The van der Waals surface area contributed by atoms with E-state index < -0.39 is 0 Å². The molecule has 0 amide bonds. The first-order valence-corrected chi connectivity index (χ1v) is 8.30. The summed E-state index contributed by atoms with van der Waals surface area (Å²) in [6, 6.07) is 9.84. The zero-order chi connectivity index (χ0) is 15.2. The van der Waals surface area contributed by atoms with Gasteiger partial charge in [0.25, 0.3) is 0 Å². The van der Waals surface area contributed by atoms with Crippen molar-refractivity contribution in [1.82, 2.24) is 9.97 Å². The van der Waals surface area contributed by atoms with E-state index in [1.165, 1.54) is 12.8 Å². The van der Waals surface area contributed by atoms with Crippen molar-refractivity contribution in [3.63, 3.8) is 0 Å². The maximum absolute atomic E-state index is 5.69. The summed E-state index contributed by atoms with van der Waals surface area (Å²) < 4.78 is 6.71. The van der Waals surface area contributed by atoms with Gasteiger partial charge in [-0.3, -0.25) is 0 Å². The Labute approximate surface area is 138 Å². The number of hydrogen-bond acceptors (Lipinski definition) is 5. The topological polar surface area (TPSA) is 50.3 Å². The SMILES string of the molecule is Brc1cccc(OCCNc2cc(N3CCCC3)ncn2)c1. The lowest BCUT2D eigenvalue weighted by molar-refractivity contribution is 0.332. The number of ether oxygens (including phenoxy) is 1. The first-order chi connectivity index (χ1) is 10.8. The van der Waals surface area contributed by atoms with Gasteiger partial charge in [0.05, 0.1) is 6.54 Å². The molecular formula is C16H19BrN4O. The molecule has 0 spiro atoms. The Hall–Kier alpha value is -1.82. The second-order valence-electron chi connectivity index (χ2n) is 5.19. The number of nitrogens with one attached hydrogen (secondary N) is 1. The zero-order valence-electron chi connectivity index (χ0n) is 12.3. The van der Waals surface area contributed by atoms with Crippen LogP contribution >= 0.6 is 15.9 Å². The molecule has 6 heteroatoms. The highest BCUT2D eigenvalue weighted by Gasteiger charge is 2.13. The van der Waals surface area contributed by atoms with Crippen LogP contribution in [0.25, 0.3) is 0 Å². The fourth-order valence-electron chi connectivity index (χ4n) is 2.47. The number of benzene rings is 1. The van der Waals surface area contributed by atoms with Gasteiger partial charge in [0.2, 0.25) is 0 Å². The maximum Gasteiger partial charge on any atom is 0.134 e. The first-order valence-electron chi connectivity index (χ1n) is 7.50. The third-order valence-electron chi connectivity index (χ3n) is 3.56. The predicted octanol–water partition coefficient (Wildman–Crippen LogP) is 3.33. The number of aromatic nitrogens is 2. The summed E-state index contributed by atoms with van der Waals surface area (Å²) in [5, 5.41) is 3.28. The monoisotopic (exact) mass is 362 g/mol. The van der Waals surface area contributed by atoms with Crippen LogP contribution < -0.4 is 15.0 Å². The molecule has 5 nitrogen and oxygen atoms in total. The molecule has 1 aromatic carbocycles. The van der Waals surface area contributed by atoms with E-state index in [4.69, 9.17) is 4.74 Å². The second kappa shape index (κ2) is 7.45. The van der Waals surface area contributed by atoms with Crippen molar-refractivity contribution < 1.29 is 4.74 Å². The Kier molecular flexibility index (Phi) is 5.11. The van der Waals surface area contributed by atoms with Crippen LogP contribution in [0.5, 0.6) is 5.75 Å². The molecule has 0 atom stereocenters. The fraction of sp³-hybridized carbons (Fsp3) is 0.375. The molecule has 1 aliphatic heterocycles. The highest BCUT2D eigenvalue weighted by molar-refractivity contribution is 9.10. The summed E-state index contributed by atoms with van der Waals surface area (Å²) in [5.41, 5.74) is 0. The van der Waals surface area contributed by atoms with E-state index >= 15 is 0 Å². The molecule has 22 heavy (non-hydrogen) atoms. The average molecular weight is 363 g/mol. The quantitative estimate of drug-likeness (QED) is 0.798. The van der Waals surface area contributed by atoms with Crippen LogP contribution in [0, 0.1) is 0 Å². The van der Waals surface area contributed by atoms with Crippen molar-refractivity contribution in [2.24, 2.45) is 0 Å². The lowest BCUT2D eigenvalue weighted by Crippen LogP contribution is -2.19. The minimum atomic E-state index is 0.583. The fourth-order valence-corrected chi connectivity index (χ4v) is 2.85. The molecule has 0 bridgehead atoms.